The van der Waals surface area contributed by atoms with Crippen molar-refractivity contribution in [2.24, 2.45) is 17.3 Å². The van der Waals surface area contributed by atoms with E-state index in [-0.39, 0.29) is 23.0 Å². The molecule has 0 rings (SSSR count). The third-order valence-electron chi connectivity index (χ3n) is 3.16. The number of carbonyl (C=O) groups is 1. The molecule has 3 nitrogen and oxygen atoms in total. The minimum atomic E-state index is -1.80. The van der Waals surface area contributed by atoms with E-state index in [9.17, 15) is 9.90 Å². The van der Waals surface area contributed by atoms with Crippen molar-refractivity contribution in [3.8, 4) is 0 Å². The zero-order valence-corrected chi connectivity index (χ0v) is 15.1. The fraction of sp³-hybridized carbons (Fsp3) is 0.933. The van der Waals surface area contributed by atoms with Crippen molar-refractivity contribution in [2.75, 3.05) is 0 Å². The van der Waals surface area contributed by atoms with Crippen LogP contribution in [0.3, 0.4) is 0 Å². The number of aliphatic hydroxyl groups excluding tert-OH is 1. The minimum Gasteiger partial charge on any atom is -0.407 e. The van der Waals surface area contributed by atoms with E-state index in [0.717, 1.165) is 0 Å². The lowest BCUT2D eigenvalue weighted by Crippen LogP contribution is -2.48. The second kappa shape index (κ2) is 6.51. The van der Waals surface area contributed by atoms with Gasteiger partial charge in [-0.2, -0.15) is 0 Å². The molecule has 0 aliphatic carbocycles. The van der Waals surface area contributed by atoms with Gasteiger partial charge in [0.05, 0.1) is 6.10 Å². The lowest BCUT2D eigenvalue weighted by Gasteiger charge is -2.37. The average Bonchev–Trinajstić information content (AvgIpc) is 2.20. The number of aliphatic hydroxyl groups is 1. The predicted molar refractivity (Wildman–Crippen MR) is 82.7 cm³/mol. The van der Waals surface area contributed by atoms with Crippen LogP contribution in [0.1, 0.15) is 41.5 Å². The normalized spacial score (nSPS) is 18.3. The van der Waals surface area contributed by atoms with Crippen molar-refractivity contribution in [2.45, 2.75) is 73.4 Å². The monoisotopic (exact) mass is 288 g/mol. The summed E-state index contributed by atoms with van der Waals surface area (Å²) in [5.41, 5.74) is -0.248. The zero-order valence-electron chi connectivity index (χ0n) is 14.1. The van der Waals surface area contributed by atoms with Crippen LogP contribution in [-0.4, -0.2) is 31.4 Å². The van der Waals surface area contributed by atoms with Gasteiger partial charge in [-0.05, 0) is 31.0 Å². The fourth-order valence-electron chi connectivity index (χ4n) is 2.00. The van der Waals surface area contributed by atoms with Gasteiger partial charge in [0, 0.05) is 5.92 Å². The van der Waals surface area contributed by atoms with E-state index in [1.165, 1.54) is 0 Å². The van der Waals surface area contributed by atoms with Crippen LogP contribution in [0.4, 0.5) is 0 Å². The topological polar surface area (TPSA) is 46.5 Å². The van der Waals surface area contributed by atoms with Gasteiger partial charge < -0.3 is 9.53 Å². The molecule has 0 aliphatic heterocycles. The molecule has 0 amide bonds. The molecular weight excluding hydrogens is 256 g/mol. The number of hydrogen-bond acceptors (Lipinski definition) is 3. The van der Waals surface area contributed by atoms with Crippen LogP contribution in [0.25, 0.3) is 0 Å². The van der Waals surface area contributed by atoms with E-state index >= 15 is 0 Å². The number of hydrogen-bond donors (Lipinski definition) is 1. The highest BCUT2D eigenvalue weighted by atomic mass is 28.4. The van der Waals surface area contributed by atoms with E-state index in [4.69, 9.17) is 4.43 Å². The van der Waals surface area contributed by atoms with Gasteiger partial charge in [-0.15, -0.1) is 0 Å². The van der Waals surface area contributed by atoms with Gasteiger partial charge in [0.1, 0.15) is 6.10 Å². The van der Waals surface area contributed by atoms with Crippen molar-refractivity contribution in [3.63, 3.8) is 0 Å². The number of rotatable bonds is 6. The van der Waals surface area contributed by atoms with E-state index in [1.807, 2.05) is 34.6 Å². The molecule has 3 atom stereocenters. The molecule has 0 fully saturated rings. The Hall–Kier alpha value is -0.193. The molecule has 0 aliphatic rings. The first-order valence-electron chi connectivity index (χ1n) is 7.17. The van der Waals surface area contributed by atoms with Gasteiger partial charge in [0.15, 0.2) is 14.1 Å². The van der Waals surface area contributed by atoms with E-state index < -0.39 is 20.5 Å². The molecule has 1 N–H and O–H groups in total. The second-order valence-electron chi connectivity index (χ2n) is 7.90. The molecule has 4 heteroatoms. The van der Waals surface area contributed by atoms with E-state index in [2.05, 4.69) is 19.6 Å². The summed E-state index contributed by atoms with van der Waals surface area (Å²) in [5, 5.41) is 10.1. The molecule has 0 saturated heterocycles. The summed E-state index contributed by atoms with van der Waals surface area (Å²) in [7, 11) is -1.80. The molecular formula is C15H32O3Si. The molecule has 0 unspecified atom stereocenters. The number of Topliss-reactive ketones (excluding diaryl/α,β-unsaturated/α-hetero) is 1. The molecule has 19 heavy (non-hydrogen) atoms. The van der Waals surface area contributed by atoms with Crippen LogP contribution in [0.15, 0.2) is 0 Å². The van der Waals surface area contributed by atoms with Crippen LogP contribution in [0.5, 0.6) is 0 Å². The summed E-state index contributed by atoms with van der Waals surface area (Å²) >= 11 is 0. The Bertz CT molecular complexity index is 299. The van der Waals surface area contributed by atoms with E-state index in [1.54, 1.807) is 6.92 Å². The molecule has 0 saturated carbocycles. The van der Waals surface area contributed by atoms with Crippen molar-refractivity contribution in [1.82, 2.24) is 0 Å². The van der Waals surface area contributed by atoms with Crippen molar-refractivity contribution in [3.05, 3.63) is 0 Å². The molecule has 0 aromatic carbocycles. The van der Waals surface area contributed by atoms with Gasteiger partial charge in [0.2, 0.25) is 0 Å². The van der Waals surface area contributed by atoms with Crippen LogP contribution in [0, 0.1) is 17.3 Å². The summed E-state index contributed by atoms with van der Waals surface area (Å²) < 4.78 is 6.09. The molecule has 0 radical (unpaired) electrons. The number of carbonyl (C=O) groups excluding carboxylic acids is 1. The van der Waals surface area contributed by atoms with Gasteiger partial charge in [0.25, 0.3) is 0 Å². The summed E-state index contributed by atoms with van der Waals surface area (Å²) in [6.45, 7) is 18.0. The van der Waals surface area contributed by atoms with Gasteiger partial charge >= 0.3 is 0 Å². The Labute approximate surface area is 119 Å². The summed E-state index contributed by atoms with van der Waals surface area (Å²) in [6, 6.07) is 0. The quantitative estimate of drug-likeness (QED) is 0.761. The highest BCUT2D eigenvalue weighted by molar-refractivity contribution is 6.69. The van der Waals surface area contributed by atoms with Crippen molar-refractivity contribution in [1.29, 1.82) is 0 Å². The molecule has 0 heterocycles. The van der Waals surface area contributed by atoms with Crippen LogP contribution < -0.4 is 0 Å². The van der Waals surface area contributed by atoms with Gasteiger partial charge in [-0.1, -0.05) is 41.5 Å². The van der Waals surface area contributed by atoms with Crippen LogP contribution in [0.2, 0.25) is 19.6 Å². The third-order valence-corrected chi connectivity index (χ3v) is 4.10. The summed E-state index contributed by atoms with van der Waals surface area (Å²) in [4.78, 5) is 12.7. The predicted octanol–water partition coefficient (Wildman–Crippen LogP) is 3.47. The summed E-state index contributed by atoms with van der Waals surface area (Å²) in [6.07, 6.45) is -1.05. The molecule has 0 spiro atoms. The Kier molecular flexibility index (Phi) is 6.44. The first kappa shape index (κ1) is 18.8. The SMILES string of the molecule is CC(C)[C@@H](O)[C@H](C)C(=O)[C@@H](O[Si](C)(C)C)C(C)(C)C. The highest BCUT2D eigenvalue weighted by Gasteiger charge is 2.40. The van der Waals surface area contributed by atoms with Crippen molar-refractivity contribution >= 4 is 14.1 Å². The maximum Gasteiger partial charge on any atom is 0.184 e. The largest absolute Gasteiger partial charge is 0.407 e. The van der Waals surface area contributed by atoms with Gasteiger partial charge in [-0.3, -0.25) is 4.79 Å². The highest BCUT2D eigenvalue weighted by Crippen LogP contribution is 2.29. The molecule has 0 bridgehead atoms. The van der Waals surface area contributed by atoms with Crippen molar-refractivity contribution < 1.29 is 14.3 Å². The van der Waals surface area contributed by atoms with Crippen LogP contribution >= 0.6 is 0 Å². The lowest BCUT2D eigenvalue weighted by atomic mass is 9.80. The lowest BCUT2D eigenvalue weighted by molar-refractivity contribution is -0.139. The summed E-state index contributed by atoms with van der Waals surface area (Å²) in [5.74, 6) is -0.289. The molecule has 114 valence electrons. The maximum atomic E-state index is 12.7. The smallest absolute Gasteiger partial charge is 0.184 e. The fourth-order valence-corrected chi connectivity index (χ4v) is 3.18. The Morgan fingerprint density at radius 2 is 1.53 bits per heavy atom. The minimum absolute atomic E-state index is 0.0242. The Balaban J connectivity index is 5.13. The Morgan fingerprint density at radius 1 is 1.11 bits per heavy atom. The maximum absolute atomic E-state index is 12.7. The number of ketones is 1. The zero-order chi connectivity index (χ0) is 15.6. The molecule has 0 aromatic heterocycles. The third kappa shape index (κ3) is 6.19. The first-order chi connectivity index (χ1) is 8.27. The average molecular weight is 289 g/mol. The van der Waals surface area contributed by atoms with Crippen LogP contribution in [-0.2, 0) is 9.22 Å². The second-order valence-corrected chi connectivity index (χ2v) is 12.4. The van der Waals surface area contributed by atoms with Gasteiger partial charge in [-0.25, -0.2) is 0 Å². The molecule has 0 aromatic rings. The van der Waals surface area contributed by atoms with E-state index in [0.29, 0.717) is 0 Å². The standard InChI is InChI=1S/C15H32O3Si/c1-10(2)12(16)11(3)13(17)14(15(4,5)6)18-19(7,8)9/h10-12,14,16H,1-9H3/t11-,12+,14+/m0/s1. The first-order valence-corrected chi connectivity index (χ1v) is 10.6. The Morgan fingerprint density at radius 3 is 1.79 bits per heavy atom.